The zero-order chi connectivity index (χ0) is 31.8. The lowest BCUT2D eigenvalue weighted by molar-refractivity contribution is -0.144. The Labute approximate surface area is 254 Å². The molecule has 1 atom stereocenters. The number of fused-ring (bicyclic) bond motifs is 1. The van der Waals surface area contributed by atoms with E-state index in [1.807, 2.05) is 6.07 Å². The van der Waals surface area contributed by atoms with Crippen LogP contribution in [0.15, 0.2) is 60.7 Å². The van der Waals surface area contributed by atoms with Crippen LogP contribution < -0.4 is 23.8 Å². The molecule has 232 valence electrons. The number of hydrogen-bond donors (Lipinski definition) is 0. The summed E-state index contributed by atoms with van der Waals surface area (Å²) in [6.45, 7) is -0.309. The normalized spacial score (nSPS) is 14.3. The second-order valence-electron chi connectivity index (χ2n) is 9.74. The van der Waals surface area contributed by atoms with Crippen molar-refractivity contribution in [3.63, 3.8) is 0 Å². The fourth-order valence-corrected chi connectivity index (χ4v) is 4.86. The largest absolute Gasteiger partial charge is 0.497 e. The molecule has 1 aliphatic heterocycles. The number of amides is 2. The van der Waals surface area contributed by atoms with Gasteiger partial charge in [-0.15, -0.1) is 0 Å². The van der Waals surface area contributed by atoms with Gasteiger partial charge in [0.2, 0.25) is 0 Å². The molecule has 3 aromatic rings. The highest BCUT2D eigenvalue weighted by Gasteiger charge is 2.42. The average molecular weight is 607 g/mol. The first kappa shape index (κ1) is 31.7. The fraction of sp³-hybridized carbons (Fsp3) is 0.312. The van der Waals surface area contributed by atoms with Crippen LogP contribution in [0, 0.1) is 0 Å². The highest BCUT2D eigenvalue weighted by molar-refractivity contribution is 6.12. The third kappa shape index (κ3) is 7.02. The van der Waals surface area contributed by atoms with E-state index in [-0.39, 0.29) is 36.7 Å². The lowest BCUT2D eigenvalue weighted by Gasteiger charge is -2.30. The van der Waals surface area contributed by atoms with Gasteiger partial charge in [0.05, 0.1) is 59.8 Å². The SMILES string of the molecule is COC(=O)COc1cccc(CN2C(=O)c3cc(OC)c(OC)cc3N(Cc3cccc(OC)c3)C(=O)[C@@H]2CC(=O)OC)c1. The van der Waals surface area contributed by atoms with Gasteiger partial charge in [-0.2, -0.15) is 0 Å². The molecule has 0 spiro atoms. The van der Waals surface area contributed by atoms with Crippen LogP contribution in [0.4, 0.5) is 5.69 Å². The average Bonchev–Trinajstić information content (AvgIpc) is 3.12. The van der Waals surface area contributed by atoms with Crippen LogP contribution in [0.25, 0.3) is 0 Å². The predicted molar refractivity (Wildman–Crippen MR) is 158 cm³/mol. The summed E-state index contributed by atoms with van der Waals surface area (Å²) in [7, 11) is 6.92. The van der Waals surface area contributed by atoms with Crippen molar-refractivity contribution in [2.24, 2.45) is 0 Å². The molecule has 0 unspecified atom stereocenters. The number of carbonyl (C=O) groups excluding carboxylic acids is 4. The minimum absolute atomic E-state index is 0.0637. The van der Waals surface area contributed by atoms with Crippen molar-refractivity contribution in [3.8, 4) is 23.0 Å². The molecule has 12 nitrogen and oxygen atoms in total. The van der Waals surface area contributed by atoms with Gasteiger partial charge in [0.15, 0.2) is 18.1 Å². The summed E-state index contributed by atoms with van der Waals surface area (Å²) in [6.07, 6.45) is -0.392. The van der Waals surface area contributed by atoms with Crippen LogP contribution in [-0.4, -0.2) is 76.9 Å². The smallest absolute Gasteiger partial charge is 0.343 e. The Kier molecular flexibility index (Phi) is 10.3. The highest BCUT2D eigenvalue weighted by Crippen LogP contribution is 2.39. The van der Waals surface area contributed by atoms with E-state index in [9.17, 15) is 19.2 Å². The maximum Gasteiger partial charge on any atom is 0.343 e. The van der Waals surface area contributed by atoms with Crippen LogP contribution in [0.5, 0.6) is 23.0 Å². The van der Waals surface area contributed by atoms with Gasteiger partial charge in [-0.3, -0.25) is 14.4 Å². The number of benzene rings is 3. The number of nitrogens with zero attached hydrogens (tertiary/aromatic N) is 2. The molecule has 0 saturated heterocycles. The van der Waals surface area contributed by atoms with Gasteiger partial charge in [-0.1, -0.05) is 24.3 Å². The van der Waals surface area contributed by atoms with E-state index in [4.69, 9.17) is 23.7 Å². The summed E-state index contributed by atoms with van der Waals surface area (Å²) >= 11 is 0. The first-order chi connectivity index (χ1) is 21.2. The van der Waals surface area contributed by atoms with Gasteiger partial charge < -0.3 is 38.2 Å². The monoisotopic (exact) mass is 606 g/mol. The van der Waals surface area contributed by atoms with Gasteiger partial charge in [0, 0.05) is 12.6 Å². The molecular formula is C32H34N2O10. The van der Waals surface area contributed by atoms with E-state index in [0.29, 0.717) is 22.8 Å². The highest BCUT2D eigenvalue weighted by atomic mass is 16.6. The van der Waals surface area contributed by atoms with Gasteiger partial charge in [-0.05, 0) is 41.5 Å². The van der Waals surface area contributed by atoms with E-state index in [0.717, 1.165) is 5.56 Å². The van der Waals surface area contributed by atoms with Crippen LogP contribution in [-0.2, 0) is 36.9 Å². The lowest BCUT2D eigenvalue weighted by atomic mass is 10.1. The standard InChI is InChI=1S/C32H34N2O10/c1-39-22-10-6-8-20(12-22)17-33-25-15-28(41-3)27(40-2)14-24(25)31(37)34(26(32(33)38)16-29(35)42-4)18-21-9-7-11-23(13-21)44-19-30(36)43-5/h6-15,26H,16-19H2,1-5H3/t26-/m0/s1. The third-order valence-electron chi connectivity index (χ3n) is 7.11. The zero-order valence-electron chi connectivity index (χ0n) is 25.2. The topological polar surface area (TPSA) is 130 Å². The number of hydrogen-bond acceptors (Lipinski definition) is 10. The zero-order valence-corrected chi connectivity index (χ0v) is 25.2. The molecule has 1 heterocycles. The van der Waals surface area contributed by atoms with Gasteiger partial charge in [-0.25, -0.2) is 4.79 Å². The summed E-state index contributed by atoms with van der Waals surface area (Å²) in [6, 6.07) is 15.8. The maximum absolute atomic E-state index is 14.4. The van der Waals surface area contributed by atoms with Gasteiger partial charge >= 0.3 is 11.9 Å². The summed E-state index contributed by atoms with van der Waals surface area (Å²) in [5, 5.41) is 0. The van der Waals surface area contributed by atoms with Crippen molar-refractivity contribution < 1.29 is 47.6 Å². The van der Waals surface area contributed by atoms with Crippen LogP contribution in [0.2, 0.25) is 0 Å². The van der Waals surface area contributed by atoms with Gasteiger partial charge in [0.1, 0.15) is 17.5 Å². The summed E-state index contributed by atoms with van der Waals surface area (Å²) in [5.74, 6) is -0.688. The second-order valence-corrected chi connectivity index (χ2v) is 9.74. The summed E-state index contributed by atoms with van der Waals surface area (Å²) in [4.78, 5) is 55.8. The first-order valence-corrected chi connectivity index (χ1v) is 13.6. The van der Waals surface area contributed by atoms with Crippen molar-refractivity contribution in [1.82, 2.24) is 4.90 Å². The number of ether oxygens (including phenoxy) is 6. The number of carbonyl (C=O) groups is 4. The van der Waals surface area contributed by atoms with Crippen LogP contribution in [0.3, 0.4) is 0 Å². The maximum atomic E-state index is 14.4. The van der Waals surface area contributed by atoms with E-state index in [2.05, 4.69) is 4.74 Å². The summed E-state index contributed by atoms with van der Waals surface area (Å²) < 4.78 is 31.4. The molecule has 44 heavy (non-hydrogen) atoms. The number of esters is 2. The molecular weight excluding hydrogens is 572 g/mol. The van der Waals surface area contributed by atoms with Crippen molar-refractivity contribution in [2.75, 3.05) is 47.1 Å². The minimum atomic E-state index is -1.23. The van der Waals surface area contributed by atoms with E-state index in [1.54, 1.807) is 55.6 Å². The molecule has 0 saturated carbocycles. The third-order valence-corrected chi connectivity index (χ3v) is 7.11. The number of rotatable bonds is 12. The molecule has 0 fully saturated rings. The molecule has 1 aliphatic rings. The molecule has 0 N–H and O–H groups in total. The Hall–Kier alpha value is -5.26. The van der Waals surface area contributed by atoms with E-state index in [1.165, 1.54) is 44.3 Å². The Balaban J connectivity index is 1.83. The molecule has 3 aromatic carbocycles. The van der Waals surface area contributed by atoms with Crippen molar-refractivity contribution in [3.05, 3.63) is 77.4 Å². The Morgan fingerprint density at radius 2 is 1.34 bits per heavy atom. The lowest BCUT2D eigenvalue weighted by Crippen LogP contribution is -2.49. The van der Waals surface area contributed by atoms with Crippen LogP contribution in [0.1, 0.15) is 27.9 Å². The Morgan fingerprint density at radius 1 is 0.727 bits per heavy atom. The minimum Gasteiger partial charge on any atom is -0.497 e. The number of anilines is 1. The van der Waals surface area contributed by atoms with E-state index < -0.39 is 36.2 Å². The van der Waals surface area contributed by atoms with Crippen molar-refractivity contribution >= 4 is 29.4 Å². The molecule has 0 radical (unpaired) electrons. The molecule has 0 aromatic heterocycles. The fourth-order valence-electron chi connectivity index (χ4n) is 4.86. The number of methoxy groups -OCH3 is 5. The molecule has 4 rings (SSSR count). The quantitative estimate of drug-likeness (QED) is 0.283. The van der Waals surface area contributed by atoms with Crippen LogP contribution >= 0.6 is 0 Å². The Bertz CT molecular complexity index is 1540. The second kappa shape index (κ2) is 14.3. The summed E-state index contributed by atoms with van der Waals surface area (Å²) in [5.41, 5.74) is 1.77. The molecule has 12 heteroatoms. The first-order valence-electron chi connectivity index (χ1n) is 13.6. The van der Waals surface area contributed by atoms with Crippen molar-refractivity contribution in [1.29, 1.82) is 0 Å². The van der Waals surface area contributed by atoms with Crippen molar-refractivity contribution in [2.45, 2.75) is 25.6 Å². The van der Waals surface area contributed by atoms with Gasteiger partial charge in [0.25, 0.3) is 11.8 Å². The molecule has 0 aliphatic carbocycles. The Morgan fingerprint density at radius 3 is 1.98 bits per heavy atom. The molecule has 0 bridgehead atoms. The molecule has 2 amide bonds. The predicted octanol–water partition coefficient (Wildman–Crippen LogP) is 3.39. The van der Waals surface area contributed by atoms with E-state index >= 15 is 0 Å².